The van der Waals surface area contributed by atoms with Crippen LogP contribution in [0.25, 0.3) is 0 Å². The molecule has 14 N–H and O–H groups in total. The molecular weight excluding hydrogens is 1340 g/mol. The number of rotatable bonds is 20. The van der Waals surface area contributed by atoms with Crippen molar-refractivity contribution in [2.24, 2.45) is 29.6 Å². The van der Waals surface area contributed by atoms with Crippen LogP contribution in [0, 0.1) is 29.6 Å². The number of aliphatic hydroxyl groups is 11. The molecule has 0 saturated carbocycles. The summed E-state index contributed by atoms with van der Waals surface area (Å²) in [6, 6.07) is 4.81. The van der Waals surface area contributed by atoms with E-state index < -0.39 is 236 Å². The van der Waals surface area contributed by atoms with E-state index >= 15 is 0 Å². The summed E-state index contributed by atoms with van der Waals surface area (Å²) in [4.78, 5) is 52.0. The number of hydrogen-bond acceptors (Lipinski definition) is 29. The van der Waals surface area contributed by atoms with Gasteiger partial charge in [0.2, 0.25) is 5.79 Å². The Morgan fingerprint density at radius 1 is 0.740 bits per heavy atom. The smallest absolute Gasteiger partial charge is 0.397 e. The molecule has 0 aromatic heterocycles. The Balaban J connectivity index is 1.16. The van der Waals surface area contributed by atoms with Gasteiger partial charge in [-0.1, -0.05) is 60.5 Å². The second kappa shape index (κ2) is 38.6. The third-order valence-corrected chi connectivity index (χ3v) is 20.8. The number of anilines is 1. The van der Waals surface area contributed by atoms with Crippen LogP contribution in [0.1, 0.15) is 175 Å². The maximum atomic E-state index is 13.9. The molecule has 100 heavy (non-hydrogen) atoms. The van der Waals surface area contributed by atoms with E-state index in [9.17, 15) is 93.4 Å². The van der Waals surface area contributed by atoms with Crippen molar-refractivity contribution < 1.29 is 145 Å². The van der Waals surface area contributed by atoms with Crippen LogP contribution in [0.5, 0.6) is 5.75 Å². The average Bonchev–Trinajstić information content (AvgIpc) is 1.08. The highest BCUT2D eigenvalue weighted by Gasteiger charge is 2.58. The fraction of sp³-hybridized carbons (Fsp3) is 0.824. The summed E-state index contributed by atoms with van der Waals surface area (Å²) in [5.41, 5.74) is 0.776. The van der Waals surface area contributed by atoms with Crippen molar-refractivity contribution in [2.75, 3.05) is 19.5 Å². The molecule has 0 unspecified atom stereocenters. The molecular formula is C68H111NO30S. The van der Waals surface area contributed by atoms with Crippen molar-refractivity contribution in [3.63, 3.8) is 0 Å². The van der Waals surface area contributed by atoms with E-state index in [1.807, 2.05) is 6.92 Å². The number of aliphatic carboxylic acids is 1. The number of carboxylic acid groups (broad SMARTS) is 1. The Morgan fingerprint density at radius 2 is 1.41 bits per heavy atom. The fourth-order valence-electron chi connectivity index (χ4n) is 14.2. The SMILES string of the molecule is CC[C@@H](O[C@@H]1C[C@@H](OC(=O)c2ccc(NC)c(O[C@@H]3CC[C@H](O)[C@@H](C)O3)c2)[C@@H](OC)[C@H](C)O1)[C@@H](C)[C@H](O)[C@@H](C)[C@H](O)[C@@H](C)[C@H]1OC(=O)/C=C/C[C@H](O)C[C@H](O)CCCC[C@@H](C)[C@H](O)[C@H](O)[C@@]2(O)O[C@H](C[C@H](OC(=O)CC(=O)O)C[C@@H](O)CCC[C@@H](O)[C@H]3O[C@@H]3[C@@H]1C)C[C@H](OS(=O)(=O)O)[C@H]2O. The molecule has 6 rings (SSSR count). The maximum Gasteiger partial charge on any atom is 0.397 e. The summed E-state index contributed by atoms with van der Waals surface area (Å²) in [7, 11) is -2.19. The van der Waals surface area contributed by atoms with E-state index in [4.69, 9.17) is 47.4 Å². The predicted molar refractivity (Wildman–Crippen MR) is 352 cm³/mol. The van der Waals surface area contributed by atoms with Gasteiger partial charge in [0.15, 0.2) is 12.6 Å². The van der Waals surface area contributed by atoms with Gasteiger partial charge in [-0.25, -0.2) is 13.8 Å². The zero-order valence-electron chi connectivity index (χ0n) is 58.7. The molecule has 4 fully saturated rings. The summed E-state index contributed by atoms with van der Waals surface area (Å²) in [6.45, 7) is 13.6. The second-order valence-corrected chi connectivity index (χ2v) is 29.1. The van der Waals surface area contributed by atoms with Crippen LogP contribution in [0.3, 0.4) is 0 Å². The number of cyclic esters (lactones) is 1. The minimum absolute atomic E-state index is 0.00131. The van der Waals surface area contributed by atoms with Crippen LogP contribution >= 0.6 is 0 Å². The number of benzene rings is 1. The summed E-state index contributed by atoms with van der Waals surface area (Å²) in [5, 5.41) is 137. The van der Waals surface area contributed by atoms with Gasteiger partial charge in [0.25, 0.3) is 0 Å². The molecule has 0 amide bonds. The first-order valence-corrected chi connectivity index (χ1v) is 36.3. The lowest BCUT2D eigenvalue weighted by Crippen LogP contribution is -2.67. The van der Waals surface area contributed by atoms with Crippen LogP contribution in [0.15, 0.2) is 30.4 Å². The number of carbonyl (C=O) groups excluding carboxylic acids is 3. The van der Waals surface area contributed by atoms with E-state index in [1.165, 1.54) is 20.1 Å². The molecule has 29 atom stereocenters. The zero-order chi connectivity index (χ0) is 74.2. The van der Waals surface area contributed by atoms with E-state index in [1.54, 1.807) is 66.8 Å². The van der Waals surface area contributed by atoms with Gasteiger partial charge in [0.05, 0.1) is 90.6 Å². The van der Waals surface area contributed by atoms with Gasteiger partial charge in [-0.3, -0.25) is 14.1 Å². The molecule has 5 aliphatic heterocycles. The molecule has 0 radical (unpaired) electrons. The van der Waals surface area contributed by atoms with E-state index in [-0.39, 0.29) is 56.9 Å². The number of esters is 3. The zero-order valence-corrected chi connectivity index (χ0v) is 59.6. The minimum Gasteiger partial charge on any atom is -0.481 e. The number of carboxylic acids is 1. The molecule has 5 aliphatic rings. The summed E-state index contributed by atoms with van der Waals surface area (Å²) < 4.78 is 98.4. The predicted octanol–water partition coefficient (Wildman–Crippen LogP) is 2.48. The van der Waals surface area contributed by atoms with Crippen LogP contribution in [-0.4, -0.2) is 259 Å². The van der Waals surface area contributed by atoms with E-state index in [0.29, 0.717) is 43.5 Å². The summed E-state index contributed by atoms with van der Waals surface area (Å²) in [6.07, 6.45) is -25.8. The Morgan fingerprint density at radius 3 is 2.06 bits per heavy atom. The third kappa shape index (κ3) is 24.1. The molecule has 1 aromatic rings. The van der Waals surface area contributed by atoms with Crippen molar-refractivity contribution in [1.29, 1.82) is 0 Å². The van der Waals surface area contributed by atoms with Crippen molar-refractivity contribution in [2.45, 2.75) is 311 Å². The first kappa shape index (κ1) is 84.6. The van der Waals surface area contributed by atoms with E-state index in [2.05, 4.69) is 9.50 Å². The minimum atomic E-state index is -5.37. The molecule has 574 valence electrons. The van der Waals surface area contributed by atoms with Gasteiger partial charge in [-0.05, 0) is 95.8 Å². The summed E-state index contributed by atoms with van der Waals surface area (Å²) >= 11 is 0. The Kier molecular flexibility index (Phi) is 32.6. The molecule has 5 heterocycles. The quantitative estimate of drug-likeness (QED) is 0.0293. The summed E-state index contributed by atoms with van der Waals surface area (Å²) in [5.74, 6) is -11.4. The number of ether oxygens (including phenoxy) is 10. The number of methoxy groups -OCH3 is 1. The highest BCUT2D eigenvalue weighted by molar-refractivity contribution is 7.80. The number of hydrogen-bond donors (Lipinski definition) is 14. The Hall–Kier alpha value is -4.37. The maximum absolute atomic E-state index is 13.9. The van der Waals surface area contributed by atoms with E-state index in [0.717, 1.165) is 6.08 Å². The van der Waals surface area contributed by atoms with Gasteiger partial charge < -0.3 is 114 Å². The van der Waals surface area contributed by atoms with Gasteiger partial charge in [-0.2, -0.15) is 8.42 Å². The van der Waals surface area contributed by atoms with Crippen LogP contribution in [0.2, 0.25) is 0 Å². The lowest BCUT2D eigenvalue weighted by molar-refractivity contribution is -0.364. The standard InChI is InChI=1S/C68H111NO30S/c1-11-49(93-57-31-51(63(89-10)39(8)91-57)95-67(84)40-22-23-46(69-9)50(26-40)94-56-25-24-47(73)38(7)90-56)34(3)59(80)35(4)60(81)36(5)61-37(6)62-64(97-62)48(74)20-14-18-43(72)28-44(92-55(78)32-53(75)76)29-45-30-52(99-100(86,87)88)65(82)68(85,98-45)66(83)58(79)33(2)16-12-13-17-41(70)27-42(71)19-15-21-54(77)96-61/h15,21-23,26,33-39,41-45,47-49,51-52,56-66,69-74,79-83,85H,11-14,16-20,24-25,27-32H2,1-10H3,(H,75,76)(H,86,87,88)/b21-15+/t33-,34-,35-,36-,37-,38-,39+,41-,42+,43+,44-,45-,47+,48-,49-,51-,52+,56-,57-,58+,59+,60+,61-,62-,63+,64-,65-,66+,68+/m1/s1. The normalized spacial score (nSPS) is 38.2. The monoisotopic (exact) mass is 1450 g/mol. The number of epoxide rings is 1. The molecule has 1 aromatic carbocycles. The van der Waals surface area contributed by atoms with Gasteiger partial charge in [-0.15, -0.1) is 0 Å². The average molecular weight is 1450 g/mol. The molecule has 4 saturated heterocycles. The van der Waals surface area contributed by atoms with Gasteiger partial charge >= 0.3 is 34.3 Å². The number of nitrogens with one attached hydrogen (secondary N) is 1. The van der Waals surface area contributed by atoms with Crippen molar-refractivity contribution in [3.05, 3.63) is 35.9 Å². The van der Waals surface area contributed by atoms with Gasteiger partial charge in [0, 0.05) is 76.0 Å². The Bertz CT molecular complexity index is 2880. The lowest BCUT2D eigenvalue weighted by Gasteiger charge is -2.48. The van der Waals surface area contributed by atoms with Crippen LogP contribution in [-0.2, 0) is 71.6 Å². The molecule has 31 nitrogen and oxygen atoms in total. The number of fused-ring (bicyclic) bond motifs is 3. The highest BCUT2D eigenvalue weighted by Crippen LogP contribution is 2.42. The highest BCUT2D eigenvalue weighted by atomic mass is 32.3. The molecule has 2 bridgehead atoms. The Labute approximate surface area is 584 Å². The van der Waals surface area contributed by atoms with Gasteiger partial charge in [0.1, 0.15) is 61.0 Å². The molecule has 0 aliphatic carbocycles. The van der Waals surface area contributed by atoms with Crippen LogP contribution in [0.4, 0.5) is 5.69 Å². The van der Waals surface area contributed by atoms with Crippen molar-refractivity contribution in [3.8, 4) is 5.75 Å². The van der Waals surface area contributed by atoms with Crippen molar-refractivity contribution >= 4 is 40.0 Å². The van der Waals surface area contributed by atoms with Crippen molar-refractivity contribution in [1.82, 2.24) is 0 Å². The number of carbonyl (C=O) groups is 4. The van der Waals surface area contributed by atoms with Crippen LogP contribution < -0.4 is 10.1 Å². The third-order valence-electron chi connectivity index (χ3n) is 20.3. The molecule has 32 heteroatoms. The largest absolute Gasteiger partial charge is 0.481 e. The fourth-order valence-corrected chi connectivity index (χ4v) is 14.7. The second-order valence-electron chi connectivity index (χ2n) is 28.0. The topological polar surface area (TPSA) is 482 Å². The number of aliphatic hydroxyl groups excluding tert-OH is 10. The molecule has 0 spiro atoms. The first-order valence-electron chi connectivity index (χ1n) is 35.0. The lowest BCUT2D eigenvalue weighted by atomic mass is 9.77. The first-order chi connectivity index (χ1) is 47.0.